The van der Waals surface area contributed by atoms with Crippen LogP contribution in [0, 0.1) is 11.3 Å². The van der Waals surface area contributed by atoms with E-state index < -0.39 is 0 Å². The molecular formula is C14H16ClNO2. The van der Waals surface area contributed by atoms with Crippen LogP contribution in [-0.2, 0) is 0 Å². The van der Waals surface area contributed by atoms with Crippen molar-refractivity contribution < 1.29 is 9.47 Å². The van der Waals surface area contributed by atoms with Crippen LogP contribution in [0.5, 0.6) is 11.5 Å². The summed E-state index contributed by atoms with van der Waals surface area (Å²) in [5, 5.41) is 8.49. The smallest absolute Gasteiger partial charge is 0.174 e. The molecule has 0 saturated carbocycles. The van der Waals surface area contributed by atoms with Gasteiger partial charge >= 0.3 is 0 Å². The van der Waals surface area contributed by atoms with E-state index >= 15 is 0 Å². The predicted octanol–water partition coefficient (Wildman–Crippen LogP) is 3.63. The average molecular weight is 266 g/mol. The lowest BCUT2D eigenvalue weighted by molar-refractivity contribution is 0.329. The molecule has 3 nitrogen and oxygen atoms in total. The first-order valence-electron chi connectivity index (χ1n) is 5.68. The summed E-state index contributed by atoms with van der Waals surface area (Å²) < 4.78 is 10.5. The van der Waals surface area contributed by atoms with E-state index in [0.29, 0.717) is 17.4 Å². The summed E-state index contributed by atoms with van der Waals surface area (Å²) in [4.78, 5) is 0. The number of methoxy groups -OCH3 is 1. The first-order chi connectivity index (χ1) is 8.74. The quantitative estimate of drug-likeness (QED) is 0.738. The average Bonchev–Trinajstić information content (AvgIpc) is 2.42. The number of hydrogen-bond donors (Lipinski definition) is 0. The minimum absolute atomic E-state index is 0.00738. The van der Waals surface area contributed by atoms with Gasteiger partial charge in [-0.3, -0.25) is 0 Å². The van der Waals surface area contributed by atoms with Crippen LogP contribution in [-0.4, -0.2) is 19.6 Å². The minimum atomic E-state index is 0.00738. The van der Waals surface area contributed by atoms with E-state index in [2.05, 4.69) is 6.92 Å². The van der Waals surface area contributed by atoms with Crippen LogP contribution in [0.2, 0.25) is 0 Å². The van der Waals surface area contributed by atoms with Crippen molar-refractivity contribution >= 4 is 17.7 Å². The van der Waals surface area contributed by atoms with Crippen molar-refractivity contribution in [2.75, 3.05) is 19.6 Å². The fourth-order valence-corrected chi connectivity index (χ4v) is 1.74. The topological polar surface area (TPSA) is 42.2 Å². The highest BCUT2D eigenvalue weighted by molar-refractivity contribution is 6.19. The Kier molecular flexibility index (Phi) is 6.10. The first-order valence-corrected chi connectivity index (χ1v) is 6.21. The van der Waals surface area contributed by atoms with Gasteiger partial charge in [0.2, 0.25) is 0 Å². The molecule has 18 heavy (non-hydrogen) atoms. The largest absolute Gasteiger partial charge is 0.493 e. The van der Waals surface area contributed by atoms with Crippen molar-refractivity contribution in [3.63, 3.8) is 0 Å². The molecule has 0 bridgehead atoms. The zero-order valence-electron chi connectivity index (χ0n) is 10.6. The second-order valence-electron chi connectivity index (χ2n) is 3.65. The van der Waals surface area contributed by atoms with Gasteiger partial charge in [-0.05, 0) is 24.1 Å². The predicted molar refractivity (Wildman–Crippen MR) is 73.1 cm³/mol. The van der Waals surface area contributed by atoms with Crippen LogP contribution in [0.1, 0.15) is 18.9 Å². The molecule has 0 spiro atoms. The molecule has 0 saturated heterocycles. The summed E-state index contributed by atoms with van der Waals surface area (Å²) in [6.45, 7) is 2.07. The summed E-state index contributed by atoms with van der Waals surface area (Å²) in [6, 6.07) is 7.50. The van der Waals surface area contributed by atoms with Crippen molar-refractivity contribution in [1.29, 1.82) is 5.26 Å². The van der Waals surface area contributed by atoms with E-state index in [1.165, 1.54) is 0 Å². The van der Waals surface area contributed by atoms with E-state index in [1.54, 1.807) is 13.2 Å². The Balaban J connectivity index is 2.98. The van der Waals surface area contributed by atoms with Crippen molar-refractivity contribution in [1.82, 2.24) is 0 Å². The third kappa shape index (κ3) is 3.97. The number of hydrogen-bond acceptors (Lipinski definition) is 3. The van der Waals surface area contributed by atoms with Gasteiger partial charge in [0.15, 0.2) is 18.1 Å². The standard InChI is InChI=1S/C14H16ClNO2/c1-3-11(10-15)8-12-4-5-13(18-7-6-16)14(9-12)17-2/h4-5,8-9H,3,7,10H2,1-2H3. The summed E-state index contributed by atoms with van der Waals surface area (Å²) >= 11 is 5.83. The molecule has 0 heterocycles. The molecule has 4 heteroatoms. The van der Waals surface area contributed by atoms with Gasteiger partial charge in [0, 0.05) is 5.88 Å². The van der Waals surface area contributed by atoms with Crippen LogP contribution < -0.4 is 9.47 Å². The number of rotatable bonds is 6. The Morgan fingerprint density at radius 3 is 2.78 bits per heavy atom. The molecular weight excluding hydrogens is 250 g/mol. The molecule has 0 aliphatic heterocycles. The molecule has 1 aromatic rings. The van der Waals surface area contributed by atoms with Gasteiger partial charge in [-0.2, -0.15) is 5.26 Å². The fraction of sp³-hybridized carbons (Fsp3) is 0.357. The third-order valence-electron chi connectivity index (χ3n) is 2.48. The zero-order chi connectivity index (χ0) is 13.4. The molecule has 1 rings (SSSR count). The van der Waals surface area contributed by atoms with Gasteiger partial charge in [0.25, 0.3) is 0 Å². The maximum Gasteiger partial charge on any atom is 0.174 e. The minimum Gasteiger partial charge on any atom is -0.493 e. The number of benzene rings is 1. The molecule has 0 N–H and O–H groups in total. The van der Waals surface area contributed by atoms with Gasteiger partial charge in [-0.15, -0.1) is 11.6 Å². The lowest BCUT2D eigenvalue weighted by Gasteiger charge is -2.09. The van der Waals surface area contributed by atoms with Crippen LogP contribution in [0.3, 0.4) is 0 Å². The normalized spacial score (nSPS) is 10.9. The number of nitriles is 1. The van der Waals surface area contributed by atoms with Gasteiger partial charge in [-0.1, -0.05) is 24.6 Å². The van der Waals surface area contributed by atoms with E-state index in [4.69, 9.17) is 26.3 Å². The van der Waals surface area contributed by atoms with E-state index in [1.807, 2.05) is 24.3 Å². The molecule has 0 aromatic heterocycles. The highest BCUT2D eigenvalue weighted by Crippen LogP contribution is 2.29. The van der Waals surface area contributed by atoms with E-state index in [0.717, 1.165) is 17.6 Å². The Bertz CT molecular complexity index is 457. The van der Waals surface area contributed by atoms with Gasteiger partial charge in [0.1, 0.15) is 6.07 Å². The lowest BCUT2D eigenvalue weighted by Crippen LogP contribution is -1.97. The highest BCUT2D eigenvalue weighted by atomic mass is 35.5. The van der Waals surface area contributed by atoms with Gasteiger partial charge in [0.05, 0.1) is 7.11 Å². The Hall–Kier alpha value is -1.66. The number of halogens is 1. The number of nitrogens with zero attached hydrogens (tertiary/aromatic N) is 1. The molecule has 0 radical (unpaired) electrons. The molecule has 1 aromatic carbocycles. The van der Waals surface area contributed by atoms with Crippen LogP contribution in [0.15, 0.2) is 23.8 Å². The van der Waals surface area contributed by atoms with Gasteiger partial charge in [-0.25, -0.2) is 0 Å². The van der Waals surface area contributed by atoms with E-state index in [-0.39, 0.29) is 6.61 Å². The summed E-state index contributed by atoms with van der Waals surface area (Å²) in [5.41, 5.74) is 2.16. The molecule has 0 unspecified atom stereocenters. The first kappa shape index (κ1) is 14.4. The summed E-state index contributed by atoms with van der Waals surface area (Å²) in [5.74, 6) is 1.70. The monoisotopic (exact) mass is 265 g/mol. The molecule has 0 aliphatic rings. The zero-order valence-corrected chi connectivity index (χ0v) is 11.3. The van der Waals surface area contributed by atoms with Crippen molar-refractivity contribution in [2.45, 2.75) is 13.3 Å². The van der Waals surface area contributed by atoms with Crippen LogP contribution in [0.25, 0.3) is 6.08 Å². The highest BCUT2D eigenvalue weighted by Gasteiger charge is 2.05. The summed E-state index contributed by atoms with van der Waals surface area (Å²) in [7, 11) is 1.57. The molecule has 0 aliphatic carbocycles. The molecule has 0 fully saturated rings. The molecule has 0 atom stereocenters. The maximum atomic E-state index is 8.49. The second kappa shape index (κ2) is 7.62. The molecule has 0 amide bonds. The maximum absolute atomic E-state index is 8.49. The fourth-order valence-electron chi connectivity index (χ4n) is 1.47. The van der Waals surface area contributed by atoms with Crippen LogP contribution >= 0.6 is 11.6 Å². The van der Waals surface area contributed by atoms with Crippen LogP contribution in [0.4, 0.5) is 0 Å². The van der Waals surface area contributed by atoms with Crippen molar-refractivity contribution in [2.24, 2.45) is 0 Å². The van der Waals surface area contributed by atoms with Crippen molar-refractivity contribution in [3.05, 3.63) is 29.3 Å². The SMILES string of the molecule is CCC(=Cc1ccc(OCC#N)c(OC)c1)CCl. The molecule has 96 valence electrons. The van der Waals surface area contributed by atoms with E-state index in [9.17, 15) is 0 Å². The van der Waals surface area contributed by atoms with Gasteiger partial charge < -0.3 is 9.47 Å². The number of ether oxygens (including phenoxy) is 2. The van der Waals surface area contributed by atoms with Crippen molar-refractivity contribution in [3.8, 4) is 17.6 Å². The Labute approximate surface area is 113 Å². The number of alkyl halides is 1. The lowest BCUT2D eigenvalue weighted by atomic mass is 10.1. The Morgan fingerprint density at radius 2 is 2.22 bits per heavy atom. The second-order valence-corrected chi connectivity index (χ2v) is 3.91. The number of allylic oxidation sites excluding steroid dienone is 1. The summed E-state index contributed by atoms with van der Waals surface area (Å²) in [6.07, 6.45) is 2.95. The third-order valence-corrected chi connectivity index (χ3v) is 2.82. The Morgan fingerprint density at radius 1 is 1.44 bits per heavy atom.